The average molecular weight is 724 g/mol. The molecule has 2 unspecified atom stereocenters. The van der Waals surface area contributed by atoms with Gasteiger partial charge in [0.25, 0.3) is 0 Å². The van der Waals surface area contributed by atoms with Crippen LogP contribution in [-0.2, 0) is 52.4 Å². The van der Waals surface area contributed by atoms with E-state index in [0.29, 0.717) is 51.4 Å². The fraction of sp³-hybridized carbons (Fsp3) is 0.633. The predicted molar refractivity (Wildman–Crippen MR) is 150 cm³/mol. The predicted octanol–water partition coefficient (Wildman–Crippen LogP) is 0.400. The van der Waals surface area contributed by atoms with E-state index in [1.165, 1.54) is 6.08 Å². The molecule has 0 amide bonds. The van der Waals surface area contributed by atoms with Gasteiger partial charge in [-0.05, 0) is 31.8 Å². The molecule has 4 atom stereocenters. The quantitative estimate of drug-likeness (QED) is 0.0214. The maximum absolute atomic E-state index is 12.5. The Morgan fingerprint density at radius 3 is 2.00 bits per heavy atom. The third-order valence-electron chi connectivity index (χ3n) is 6.02. The Hall–Kier alpha value is -2.62. The van der Waals surface area contributed by atoms with E-state index in [0.717, 1.165) is 6.08 Å². The first-order chi connectivity index (χ1) is 20.7. The second-order valence-electron chi connectivity index (χ2n) is 9.51. The minimum atomic E-state index is -1.07. The summed E-state index contributed by atoms with van der Waals surface area (Å²) in [6.45, 7) is 10.5. The summed E-state index contributed by atoms with van der Waals surface area (Å²) < 4.78 is 34.0. The molecule has 0 bridgehead atoms. The van der Waals surface area contributed by atoms with Crippen LogP contribution >= 0.6 is 0 Å². The number of esters is 4. The Bertz CT molecular complexity index is 921. The minimum absolute atomic E-state index is 0.0126. The number of halogens is 1. The number of aliphatic hydroxyl groups excluding tert-OH is 1. The van der Waals surface area contributed by atoms with Crippen LogP contribution in [0.4, 0.5) is 0 Å². The SMILES string of the molecule is C=C[I-]C(=O)CCCCCC(=O)OC1C[C@H](OC(=O)CCCCOC(O)C=C)[C@H](OC(=O)CCCCOC(=O)C=C)CO1. The van der Waals surface area contributed by atoms with Crippen molar-refractivity contribution in [3.05, 3.63) is 36.0 Å². The van der Waals surface area contributed by atoms with Gasteiger partial charge in [0.2, 0.25) is 0 Å². The van der Waals surface area contributed by atoms with Gasteiger partial charge in [-0.2, -0.15) is 0 Å². The molecule has 43 heavy (non-hydrogen) atoms. The number of hydrogen-bond acceptors (Lipinski definition) is 12. The Morgan fingerprint density at radius 1 is 0.791 bits per heavy atom. The fourth-order valence-electron chi connectivity index (χ4n) is 3.79. The van der Waals surface area contributed by atoms with Gasteiger partial charge < -0.3 is 19.3 Å². The van der Waals surface area contributed by atoms with Crippen LogP contribution in [-0.4, -0.2) is 77.4 Å². The molecule has 1 N–H and O–H groups in total. The summed E-state index contributed by atoms with van der Waals surface area (Å²) in [6, 6.07) is 0. The zero-order valence-corrected chi connectivity index (χ0v) is 26.7. The molecule has 13 heteroatoms. The van der Waals surface area contributed by atoms with Crippen LogP contribution in [0, 0.1) is 0 Å². The van der Waals surface area contributed by atoms with E-state index >= 15 is 0 Å². The molecule has 0 radical (unpaired) electrons. The van der Waals surface area contributed by atoms with Gasteiger partial charge in [-0.1, -0.05) is 13.2 Å². The molecule has 1 saturated heterocycles. The van der Waals surface area contributed by atoms with Crippen LogP contribution in [0.1, 0.15) is 77.0 Å². The van der Waals surface area contributed by atoms with Gasteiger partial charge in [-0.3, -0.25) is 9.59 Å². The first kappa shape index (κ1) is 38.4. The van der Waals surface area contributed by atoms with Crippen LogP contribution in [0.5, 0.6) is 0 Å². The molecule has 0 aromatic rings. The average Bonchev–Trinajstić information content (AvgIpc) is 2.97. The second kappa shape index (κ2) is 23.8. The summed E-state index contributed by atoms with van der Waals surface area (Å²) in [7, 11) is 0. The zero-order chi connectivity index (χ0) is 31.9. The van der Waals surface area contributed by atoms with Crippen molar-refractivity contribution >= 4 is 27.7 Å². The molecule has 1 aliphatic rings. The third kappa shape index (κ3) is 19.3. The van der Waals surface area contributed by atoms with Crippen molar-refractivity contribution in [2.75, 3.05) is 19.8 Å². The molecule has 1 aliphatic heterocycles. The Kier molecular flexibility index (Phi) is 21.2. The number of ether oxygens (including phenoxy) is 6. The van der Waals surface area contributed by atoms with Crippen LogP contribution in [0.2, 0.25) is 0 Å². The van der Waals surface area contributed by atoms with Crippen molar-refractivity contribution < 1.29 is 78.7 Å². The molecule has 0 aliphatic carbocycles. The summed E-state index contributed by atoms with van der Waals surface area (Å²) >= 11 is -0.608. The molecule has 12 nitrogen and oxygen atoms in total. The van der Waals surface area contributed by atoms with Crippen LogP contribution < -0.4 is 21.2 Å². The molecule has 0 spiro atoms. The third-order valence-corrected chi connectivity index (χ3v) is 7.69. The number of hydrogen-bond donors (Lipinski definition) is 1. The van der Waals surface area contributed by atoms with E-state index in [9.17, 15) is 29.1 Å². The number of rotatable bonds is 24. The van der Waals surface area contributed by atoms with Crippen LogP contribution in [0.25, 0.3) is 0 Å². The van der Waals surface area contributed by atoms with Gasteiger partial charge in [-0.25, -0.2) is 4.79 Å². The van der Waals surface area contributed by atoms with Crippen molar-refractivity contribution in [2.24, 2.45) is 0 Å². The Balaban J connectivity index is 2.57. The van der Waals surface area contributed by atoms with Gasteiger partial charge in [-0.15, -0.1) is 0 Å². The van der Waals surface area contributed by atoms with Gasteiger partial charge in [0.1, 0.15) is 0 Å². The topological polar surface area (TPSA) is 161 Å². The molecule has 0 saturated carbocycles. The van der Waals surface area contributed by atoms with Crippen molar-refractivity contribution in [2.45, 2.75) is 102 Å². The Labute approximate surface area is 263 Å². The van der Waals surface area contributed by atoms with Crippen molar-refractivity contribution in [3.63, 3.8) is 0 Å². The van der Waals surface area contributed by atoms with E-state index in [2.05, 4.69) is 19.7 Å². The molecular formula is C30H44IO12-. The summed E-state index contributed by atoms with van der Waals surface area (Å²) in [4.78, 5) is 60.0. The van der Waals surface area contributed by atoms with Crippen molar-refractivity contribution in [1.29, 1.82) is 0 Å². The fourth-order valence-corrected chi connectivity index (χ4v) is 4.98. The number of unbranched alkanes of at least 4 members (excludes halogenated alkanes) is 4. The van der Waals surface area contributed by atoms with Crippen LogP contribution in [0.15, 0.2) is 36.0 Å². The first-order valence-corrected chi connectivity index (χ1v) is 16.7. The van der Waals surface area contributed by atoms with E-state index in [-0.39, 0.29) is 49.3 Å². The molecule has 1 fully saturated rings. The second-order valence-corrected chi connectivity index (χ2v) is 12.2. The van der Waals surface area contributed by atoms with E-state index < -0.39 is 69.9 Å². The summed E-state index contributed by atoms with van der Waals surface area (Å²) in [5.74, 6) is -2.08. The monoisotopic (exact) mass is 723 g/mol. The van der Waals surface area contributed by atoms with Crippen molar-refractivity contribution in [3.8, 4) is 0 Å². The van der Waals surface area contributed by atoms with Gasteiger partial charge in [0, 0.05) is 18.9 Å². The molecular weight excluding hydrogens is 679 g/mol. The molecule has 0 aromatic heterocycles. The van der Waals surface area contributed by atoms with Crippen LogP contribution in [0.3, 0.4) is 0 Å². The van der Waals surface area contributed by atoms with Gasteiger partial charge in [0.15, 0.2) is 6.29 Å². The Morgan fingerprint density at radius 2 is 1.37 bits per heavy atom. The molecule has 244 valence electrons. The van der Waals surface area contributed by atoms with Gasteiger partial charge in [0.05, 0.1) is 13.2 Å². The summed E-state index contributed by atoms with van der Waals surface area (Å²) in [5, 5.41) is 9.34. The van der Waals surface area contributed by atoms with E-state index in [1.54, 1.807) is 4.08 Å². The maximum atomic E-state index is 12.5. The molecule has 0 aromatic carbocycles. The van der Waals surface area contributed by atoms with Crippen molar-refractivity contribution in [1.82, 2.24) is 0 Å². The first-order valence-electron chi connectivity index (χ1n) is 14.4. The summed E-state index contributed by atoms with van der Waals surface area (Å²) in [6.07, 6.45) is 2.97. The zero-order valence-electron chi connectivity index (χ0n) is 24.6. The number of aliphatic hydroxyl groups is 1. The number of carbonyl (C=O) groups excluding carboxylic acids is 5. The van der Waals surface area contributed by atoms with E-state index in [1.807, 2.05) is 0 Å². The van der Waals surface area contributed by atoms with Gasteiger partial charge >= 0.3 is 147 Å². The molecule has 1 heterocycles. The van der Waals surface area contributed by atoms with E-state index in [4.69, 9.17) is 28.4 Å². The normalized spacial score (nSPS) is 18.6. The summed E-state index contributed by atoms with van der Waals surface area (Å²) in [5.41, 5.74) is 0. The molecule has 1 rings (SSSR count). The number of carbonyl (C=O) groups is 5. The standard InChI is InChI=1S/C30H44IO12/c1-4-25(33)38-18-12-10-16-27(35)41-22-20-30(43-29(37)15-9-7-8-14-24(32)31-6-3)40-21-23(22)42-28(36)17-11-13-19-39-26(34)5-2/h4-6,22-23,25,30,33H,1-3,7-21H2/q-1/t22-,23+,25?,30?/m0/s1.